The average molecular weight is 421 g/mol. The van der Waals surface area contributed by atoms with Crippen molar-refractivity contribution in [1.82, 2.24) is 4.98 Å². The fourth-order valence-corrected chi connectivity index (χ4v) is 2.81. The molecule has 0 aliphatic rings. The number of halogens is 4. The topological polar surface area (TPSA) is 58.4 Å². The standard InChI is InChI=1S/C21H19F4N3O2/c1-28(2)17-8-5-14(21(23,24)25)11-16(17)27-19(29)9-10-20-26-12-18(30-20)13-3-6-15(22)7-4-13/h3-8,11-12H,9-10H2,1-2H3,(H,27,29). The molecule has 0 aliphatic heterocycles. The van der Waals surface area contributed by atoms with Gasteiger partial charge in [0.25, 0.3) is 0 Å². The summed E-state index contributed by atoms with van der Waals surface area (Å²) >= 11 is 0. The van der Waals surface area contributed by atoms with E-state index < -0.39 is 17.6 Å². The molecule has 1 aromatic heterocycles. The van der Waals surface area contributed by atoms with E-state index in [1.54, 1.807) is 31.1 Å². The first-order valence-electron chi connectivity index (χ1n) is 9.02. The highest BCUT2D eigenvalue weighted by atomic mass is 19.4. The highest BCUT2D eigenvalue weighted by Crippen LogP contribution is 2.35. The molecule has 1 N–H and O–H groups in total. The molecule has 1 heterocycles. The number of hydrogen-bond donors (Lipinski definition) is 1. The van der Waals surface area contributed by atoms with Gasteiger partial charge >= 0.3 is 6.18 Å². The Hall–Kier alpha value is -3.36. The van der Waals surface area contributed by atoms with E-state index >= 15 is 0 Å². The minimum atomic E-state index is -4.51. The van der Waals surface area contributed by atoms with Gasteiger partial charge in [-0.3, -0.25) is 4.79 Å². The third-order valence-corrected chi connectivity index (χ3v) is 4.33. The second-order valence-electron chi connectivity index (χ2n) is 6.80. The van der Waals surface area contributed by atoms with Crippen LogP contribution in [0.1, 0.15) is 17.9 Å². The van der Waals surface area contributed by atoms with Crippen LogP contribution in [0.25, 0.3) is 11.3 Å². The number of alkyl halides is 3. The summed E-state index contributed by atoms with van der Waals surface area (Å²) in [7, 11) is 3.34. The smallest absolute Gasteiger partial charge is 0.416 e. The number of aromatic nitrogens is 1. The number of oxazole rings is 1. The molecule has 9 heteroatoms. The molecular weight excluding hydrogens is 402 g/mol. The van der Waals surface area contributed by atoms with E-state index in [1.165, 1.54) is 24.4 Å². The summed E-state index contributed by atoms with van der Waals surface area (Å²) in [6.07, 6.45) is -2.92. The van der Waals surface area contributed by atoms with Gasteiger partial charge in [0.05, 0.1) is 23.1 Å². The first-order valence-corrected chi connectivity index (χ1v) is 9.02. The third-order valence-electron chi connectivity index (χ3n) is 4.33. The molecule has 0 saturated carbocycles. The molecule has 0 saturated heterocycles. The van der Waals surface area contributed by atoms with Crippen LogP contribution < -0.4 is 10.2 Å². The van der Waals surface area contributed by atoms with Crippen LogP contribution in [-0.4, -0.2) is 25.0 Å². The van der Waals surface area contributed by atoms with Gasteiger partial charge in [0, 0.05) is 32.5 Å². The Balaban J connectivity index is 1.67. The van der Waals surface area contributed by atoms with E-state index in [-0.39, 0.29) is 24.3 Å². The quantitative estimate of drug-likeness (QED) is 0.560. The molecule has 158 valence electrons. The second-order valence-corrected chi connectivity index (χ2v) is 6.80. The number of nitrogens with one attached hydrogen (secondary N) is 1. The van der Waals surface area contributed by atoms with Crippen molar-refractivity contribution in [2.24, 2.45) is 0 Å². The predicted molar refractivity (Wildman–Crippen MR) is 105 cm³/mol. The molecule has 0 bridgehead atoms. The summed E-state index contributed by atoms with van der Waals surface area (Å²) in [6.45, 7) is 0. The molecular formula is C21H19F4N3O2. The third kappa shape index (κ3) is 5.16. The van der Waals surface area contributed by atoms with E-state index in [9.17, 15) is 22.4 Å². The first-order chi connectivity index (χ1) is 14.1. The number of aryl methyl sites for hydroxylation is 1. The van der Waals surface area contributed by atoms with Crippen LogP contribution >= 0.6 is 0 Å². The largest absolute Gasteiger partial charge is 0.441 e. The van der Waals surface area contributed by atoms with E-state index in [4.69, 9.17) is 4.42 Å². The van der Waals surface area contributed by atoms with E-state index in [1.807, 2.05) is 0 Å². The van der Waals surface area contributed by atoms with E-state index in [2.05, 4.69) is 10.3 Å². The van der Waals surface area contributed by atoms with Gasteiger partial charge in [-0.15, -0.1) is 0 Å². The summed E-state index contributed by atoms with van der Waals surface area (Å²) in [5.41, 5.74) is 0.310. The second kappa shape index (κ2) is 8.56. The van der Waals surface area contributed by atoms with Gasteiger partial charge in [-0.25, -0.2) is 9.37 Å². The van der Waals surface area contributed by atoms with Gasteiger partial charge < -0.3 is 14.6 Å². The number of rotatable bonds is 6. The van der Waals surface area contributed by atoms with Crippen molar-refractivity contribution in [2.45, 2.75) is 19.0 Å². The maximum Gasteiger partial charge on any atom is 0.416 e. The minimum absolute atomic E-state index is 0.0352. The number of anilines is 2. The van der Waals surface area contributed by atoms with E-state index in [0.29, 0.717) is 22.9 Å². The molecule has 3 aromatic rings. The van der Waals surface area contributed by atoms with Gasteiger partial charge in [0.2, 0.25) is 5.91 Å². The van der Waals surface area contributed by atoms with Crippen molar-refractivity contribution < 1.29 is 26.8 Å². The van der Waals surface area contributed by atoms with Crippen molar-refractivity contribution >= 4 is 17.3 Å². The number of hydrogen-bond acceptors (Lipinski definition) is 4. The summed E-state index contributed by atoms with van der Waals surface area (Å²) in [6, 6.07) is 8.86. The van der Waals surface area contributed by atoms with E-state index in [0.717, 1.165) is 12.1 Å². The molecule has 30 heavy (non-hydrogen) atoms. The maximum atomic E-state index is 13.0. The Bertz CT molecular complexity index is 1030. The highest BCUT2D eigenvalue weighted by molar-refractivity contribution is 5.94. The Kier molecular flexibility index (Phi) is 6.09. The molecule has 0 fully saturated rings. The minimum Gasteiger partial charge on any atom is -0.441 e. The lowest BCUT2D eigenvalue weighted by molar-refractivity contribution is -0.137. The van der Waals surface area contributed by atoms with Crippen LogP contribution in [0.2, 0.25) is 0 Å². The molecule has 0 unspecified atom stereocenters. The Morgan fingerprint density at radius 1 is 1.13 bits per heavy atom. The Morgan fingerprint density at radius 2 is 1.83 bits per heavy atom. The molecule has 0 atom stereocenters. The summed E-state index contributed by atoms with van der Waals surface area (Å²) in [5.74, 6) is -0.125. The van der Waals surface area contributed by atoms with Crippen molar-refractivity contribution in [1.29, 1.82) is 0 Å². The molecule has 2 aromatic carbocycles. The van der Waals surface area contributed by atoms with Crippen LogP contribution in [-0.2, 0) is 17.4 Å². The van der Waals surface area contributed by atoms with Gasteiger partial charge in [0.1, 0.15) is 5.82 Å². The van der Waals surface area contributed by atoms with Crippen molar-refractivity contribution in [2.75, 3.05) is 24.3 Å². The zero-order chi connectivity index (χ0) is 21.9. The SMILES string of the molecule is CN(C)c1ccc(C(F)(F)F)cc1NC(=O)CCc1ncc(-c2ccc(F)cc2)o1. The van der Waals surface area contributed by atoms with Crippen LogP contribution in [0.15, 0.2) is 53.1 Å². The zero-order valence-corrected chi connectivity index (χ0v) is 16.3. The molecule has 3 rings (SSSR count). The van der Waals surface area contributed by atoms with Gasteiger partial charge in [0.15, 0.2) is 11.7 Å². The molecule has 0 spiro atoms. The number of carbonyl (C=O) groups is 1. The van der Waals surface area contributed by atoms with Gasteiger partial charge in [-0.2, -0.15) is 13.2 Å². The molecule has 0 aliphatic carbocycles. The number of carbonyl (C=O) groups excluding carboxylic acids is 1. The number of benzene rings is 2. The maximum absolute atomic E-state index is 13.0. The van der Waals surface area contributed by atoms with Crippen LogP contribution in [0, 0.1) is 5.82 Å². The van der Waals surface area contributed by atoms with Crippen molar-refractivity contribution in [3.05, 3.63) is 65.9 Å². The Morgan fingerprint density at radius 3 is 2.47 bits per heavy atom. The van der Waals surface area contributed by atoms with Crippen LogP contribution in [0.3, 0.4) is 0 Å². The summed E-state index contributed by atoms with van der Waals surface area (Å²) < 4.78 is 57.6. The summed E-state index contributed by atoms with van der Waals surface area (Å²) in [4.78, 5) is 18.0. The highest BCUT2D eigenvalue weighted by Gasteiger charge is 2.31. The van der Waals surface area contributed by atoms with Crippen LogP contribution in [0.5, 0.6) is 0 Å². The molecule has 5 nitrogen and oxygen atoms in total. The lowest BCUT2D eigenvalue weighted by Crippen LogP contribution is -2.18. The van der Waals surface area contributed by atoms with Crippen molar-refractivity contribution in [3.8, 4) is 11.3 Å². The average Bonchev–Trinajstić information content (AvgIpc) is 3.15. The predicted octanol–water partition coefficient (Wildman–Crippen LogP) is 5.14. The lowest BCUT2D eigenvalue weighted by atomic mass is 10.1. The fraction of sp³-hybridized carbons (Fsp3) is 0.238. The lowest BCUT2D eigenvalue weighted by Gasteiger charge is -2.19. The van der Waals surface area contributed by atoms with Gasteiger partial charge in [-0.1, -0.05) is 0 Å². The van der Waals surface area contributed by atoms with Gasteiger partial charge in [-0.05, 0) is 42.5 Å². The fourth-order valence-electron chi connectivity index (χ4n) is 2.81. The number of amides is 1. The van der Waals surface area contributed by atoms with Crippen LogP contribution in [0.4, 0.5) is 28.9 Å². The molecule has 0 radical (unpaired) electrons. The zero-order valence-electron chi connectivity index (χ0n) is 16.3. The van der Waals surface area contributed by atoms with Crippen molar-refractivity contribution in [3.63, 3.8) is 0 Å². The summed E-state index contributed by atoms with van der Waals surface area (Å²) in [5, 5.41) is 2.53. The number of nitrogens with zero attached hydrogens (tertiary/aromatic N) is 2. The molecule has 1 amide bonds. The Labute approximate surface area is 170 Å². The monoisotopic (exact) mass is 421 g/mol. The first kappa shape index (κ1) is 21.4. The normalized spacial score (nSPS) is 11.4.